The Balaban J connectivity index is 2.02. The van der Waals surface area contributed by atoms with Crippen LogP contribution in [0.2, 0.25) is 0 Å². The minimum absolute atomic E-state index is 0.242. The Labute approximate surface area is 136 Å². The number of ether oxygens (including phenoxy) is 1. The fourth-order valence-electron chi connectivity index (χ4n) is 2.15. The lowest BCUT2D eigenvalue weighted by molar-refractivity contribution is 0.102. The zero-order valence-electron chi connectivity index (χ0n) is 13.5. The number of hydrogen-bond donors (Lipinski definition) is 2. The third kappa shape index (κ3) is 5.03. The number of carbonyl (C=O) groups excluding carboxylic acids is 1. The maximum atomic E-state index is 12.4. The van der Waals surface area contributed by atoms with Crippen molar-refractivity contribution in [3.8, 4) is 0 Å². The number of amides is 1. The summed E-state index contributed by atoms with van der Waals surface area (Å²) >= 11 is 0. The Morgan fingerprint density at radius 1 is 1.26 bits per heavy atom. The molecule has 0 bridgehead atoms. The Kier molecular flexibility index (Phi) is 6.50. The molecule has 6 nitrogen and oxygen atoms in total. The molecule has 0 unspecified atom stereocenters. The van der Waals surface area contributed by atoms with E-state index in [0.717, 1.165) is 30.6 Å². The molecule has 1 aromatic carbocycles. The van der Waals surface area contributed by atoms with Crippen LogP contribution in [0.5, 0.6) is 0 Å². The second-order valence-electron chi connectivity index (χ2n) is 5.03. The van der Waals surface area contributed by atoms with Gasteiger partial charge < -0.3 is 15.4 Å². The van der Waals surface area contributed by atoms with Crippen LogP contribution in [0.3, 0.4) is 0 Å². The summed E-state index contributed by atoms with van der Waals surface area (Å²) in [5.74, 6) is 0.387. The van der Waals surface area contributed by atoms with Crippen molar-refractivity contribution in [3.05, 3.63) is 47.9 Å². The van der Waals surface area contributed by atoms with Gasteiger partial charge in [-0.25, -0.2) is 9.97 Å². The van der Waals surface area contributed by atoms with Crippen molar-refractivity contribution in [1.29, 1.82) is 0 Å². The van der Waals surface area contributed by atoms with E-state index in [1.807, 2.05) is 24.3 Å². The summed E-state index contributed by atoms with van der Waals surface area (Å²) < 4.78 is 4.99. The molecule has 1 amide bonds. The van der Waals surface area contributed by atoms with E-state index in [1.54, 1.807) is 13.2 Å². The summed E-state index contributed by atoms with van der Waals surface area (Å²) in [4.78, 5) is 20.5. The highest BCUT2D eigenvalue weighted by Crippen LogP contribution is 2.16. The first-order valence-electron chi connectivity index (χ1n) is 7.68. The van der Waals surface area contributed by atoms with Gasteiger partial charge in [0.15, 0.2) is 0 Å². The van der Waals surface area contributed by atoms with E-state index in [-0.39, 0.29) is 5.91 Å². The maximum Gasteiger partial charge on any atom is 0.274 e. The molecular weight excluding hydrogens is 292 g/mol. The zero-order valence-corrected chi connectivity index (χ0v) is 13.5. The van der Waals surface area contributed by atoms with Gasteiger partial charge in [0.05, 0.1) is 0 Å². The molecule has 6 heteroatoms. The predicted molar refractivity (Wildman–Crippen MR) is 90.8 cm³/mol. The third-order valence-electron chi connectivity index (χ3n) is 3.38. The van der Waals surface area contributed by atoms with Crippen LogP contribution in [0.25, 0.3) is 0 Å². The number of methoxy groups -OCH3 is 1. The number of benzene rings is 1. The molecule has 0 aliphatic heterocycles. The fourth-order valence-corrected chi connectivity index (χ4v) is 2.15. The molecule has 0 spiro atoms. The molecule has 2 aromatic rings. The minimum Gasteiger partial charge on any atom is -0.385 e. The van der Waals surface area contributed by atoms with E-state index in [2.05, 4.69) is 27.5 Å². The topological polar surface area (TPSA) is 76.1 Å². The molecule has 0 fully saturated rings. The molecule has 1 heterocycles. The lowest BCUT2D eigenvalue weighted by Crippen LogP contribution is -2.16. The van der Waals surface area contributed by atoms with Crippen LogP contribution < -0.4 is 10.6 Å². The van der Waals surface area contributed by atoms with Gasteiger partial charge in [-0.1, -0.05) is 25.1 Å². The molecule has 0 aliphatic rings. The van der Waals surface area contributed by atoms with Crippen LogP contribution in [0.15, 0.2) is 36.7 Å². The van der Waals surface area contributed by atoms with Gasteiger partial charge in [0.1, 0.15) is 17.8 Å². The summed E-state index contributed by atoms with van der Waals surface area (Å²) in [7, 11) is 1.67. The van der Waals surface area contributed by atoms with Gasteiger partial charge in [-0.2, -0.15) is 0 Å². The van der Waals surface area contributed by atoms with Crippen molar-refractivity contribution < 1.29 is 9.53 Å². The number of nitrogens with zero attached hydrogens (tertiary/aromatic N) is 2. The summed E-state index contributed by atoms with van der Waals surface area (Å²) in [6.07, 6.45) is 3.11. The number of hydrogen-bond acceptors (Lipinski definition) is 5. The van der Waals surface area contributed by atoms with Gasteiger partial charge >= 0.3 is 0 Å². The van der Waals surface area contributed by atoms with Crippen molar-refractivity contribution in [2.75, 3.05) is 30.9 Å². The van der Waals surface area contributed by atoms with E-state index in [4.69, 9.17) is 4.74 Å². The molecule has 2 rings (SSSR count). The molecule has 0 saturated heterocycles. The van der Waals surface area contributed by atoms with Crippen molar-refractivity contribution in [3.63, 3.8) is 0 Å². The molecule has 0 aliphatic carbocycles. The molecule has 0 atom stereocenters. The van der Waals surface area contributed by atoms with Crippen LogP contribution in [0, 0.1) is 0 Å². The Hall–Kier alpha value is -2.47. The molecule has 122 valence electrons. The summed E-state index contributed by atoms with van der Waals surface area (Å²) in [5.41, 5.74) is 2.24. The number of rotatable bonds is 8. The third-order valence-corrected chi connectivity index (χ3v) is 3.38. The van der Waals surface area contributed by atoms with Crippen LogP contribution in [-0.4, -0.2) is 36.1 Å². The number of nitrogens with one attached hydrogen (secondary N) is 2. The Bertz CT molecular complexity index is 646. The normalized spacial score (nSPS) is 10.3. The van der Waals surface area contributed by atoms with E-state index in [9.17, 15) is 4.79 Å². The number of aryl methyl sites for hydroxylation is 1. The fraction of sp³-hybridized carbons (Fsp3) is 0.353. The van der Waals surface area contributed by atoms with Gasteiger partial charge in [-0.3, -0.25) is 4.79 Å². The van der Waals surface area contributed by atoms with E-state index < -0.39 is 0 Å². The van der Waals surface area contributed by atoms with Gasteiger partial charge in [0.2, 0.25) is 0 Å². The van der Waals surface area contributed by atoms with E-state index in [1.165, 1.54) is 6.33 Å². The second kappa shape index (κ2) is 8.85. The molecule has 0 radical (unpaired) electrons. The van der Waals surface area contributed by atoms with E-state index in [0.29, 0.717) is 18.1 Å². The minimum atomic E-state index is -0.242. The first kappa shape index (κ1) is 16.9. The van der Waals surface area contributed by atoms with Gasteiger partial charge in [-0.15, -0.1) is 0 Å². The molecule has 1 aromatic heterocycles. The molecule has 2 N–H and O–H groups in total. The molecule has 23 heavy (non-hydrogen) atoms. The van der Waals surface area contributed by atoms with Gasteiger partial charge in [0, 0.05) is 32.0 Å². The predicted octanol–water partition coefficient (Wildman–Crippen LogP) is 2.74. The average molecular weight is 314 g/mol. The quantitative estimate of drug-likeness (QED) is 0.733. The average Bonchev–Trinajstić information content (AvgIpc) is 2.59. The first-order valence-corrected chi connectivity index (χ1v) is 7.68. The van der Waals surface area contributed by atoms with Gasteiger partial charge in [0.25, 0.3) is 5.91 Å². The Morgan fingerprint density at radius 3 is 2.87 bits per heavy atom. The summed E-state index contributed by atoms with van der Waals surface area (Å²) in [5, 5.41) is 6.05. The number of anilines is 2. The zero-order chi connectivity index (χ0) is 16.5. The Morgan fingerprint density at radius 2 is 2.09 bits per heavy atom. The first-order chi connectivity index (χ1) is 11.2. The van der Waals surface area contributed by atoms with Crippen LogP contribution in [0.1, 0.15) is 29.4 Å². The highest BCUT2D eigenvalue weighted by atomic mass is 16.5. The van der Waals surface area contributed by atoms with Crippen LogP contribution in [0.4, 0.5) is 11.5 Å². The molecule has 0 saturated carbocycles. The highest BCUT2D eigenvalue weighted by molar-refractivity contribution is 6.03. The SMILES string of the molecule is CCc1ccccc1NC(=O)c1cc(NCCCOC)ncn1. The van der Waals surface area contributed by atoms with Crippen molar-refractivity contribution in [2.45, 2.75) is 19.8 Å². The lowest BCUT2D eigenvalue weighted by atomic mass is 10.1. The van der Waals surface area contributed by atoms with Crippen LogP contribution >= 0.6 is 0 Å². The lowest BCUT2D eigenvalue weighted by Gasteiger charge is -2.10. The summed E-state index contributed by atoms with van der Waals surface area (Å²) in [6.45, 7) is 3.46. The monoisotopic (exact) mass is 314 g/mol. The van der Waals surface area contributed by atoms with Crippen molar-refractivity contribution in [2.24, 2.45) is 0 Å². The maximum absolute atomic E-state index is 12.4. The van der Waals surface area contributed by atoms with Crippen molar-refractivity contribution in [1.82, 2.24) is 9.97 Å². The second-order valence-corrected chi connectivity index (χ2v) is 5.03. The standard InChI is InChI=1S/C17H22N4O2/c1-3-13-7-4-5-8-14(13)21-17(22)15-11-16(20-12-19-15)18-9-6-10-23-2/h4-5,7-8,11-12H,3,6,9-10H2,1-2H3,(H,21,22)(H,18,19,20). The highest BCUT2D eigenvalue weighted by Gasteiger charge is 2.10. The van der Waals surface area contributed by atoms with E-state index >= 15 is 0 Å². The smallest absolute Gasteiger partial charge is 0.274 e. The number of para-hydroxylation sites is 1. The molecular formula is C17H22N4O2. The summed E-state index contributed by atoms with van der Waals surface area (Å²) in [6, 6.07) is 9.40. The number of carbonyl (C=O) groups is 1. The van der Waals surface area contributed by atoms with Crippen LogP contribution in [-0.2, 0) is 11.2 Å². The van der Waals surface area contributed by atoms with Crippen molar-refractivity contribution >= 4 is 17.4 Å². The largest absolute Gasteiger partial charge is 0.385 e. The number of aromatic nitrogens is 2. The van der Waals surface area contributed by atoms with Gasteiger partial charge in [-0.05, 0) is 24.5 Å².